The van der Waals surface area contributed by atoms with Crippen molar-refractivity contribution in [3.63, 3.8) is 0 Å². The number of rotatable bonds is 7. The van der Waals surface area contributed by atoms with Crippen molar-refractivity contribution in [1.29, 1.82) is 0 Å². The normalized spacial score (nSPS) is 19.8. The molecule has 0 aliphatic carbocycles. The second-order valence-electron chi connectivity index (χ2n) is 5.30. The van der Waals surface area contributed by atoms with Gasteiger partial charge in [0.2, 0.25) is 5.91 Å². The Morgan fingerprint density at radius 3 is 2.74 bits per heavy atom. The fourth-order valence-corrected chi connectivity index (χ4v) is 3.48. The Bertz CT molecular complexity index is 557. The summed E-state index contributed by atoms with van der Waals surface area (Å²) in [5.41, 5.74) is 0. The smallest absolute Gasteiger partial charge is 0.328 e. The topological polar surface area (TPSA) is 81.7 Å². The van der Waals surface area contributed by atoms with Crippen molar-refractivity contribution in [2.45, 2.75) is 23.8 Å². The monoisotopic (exact) mass is 339 g/mol. The summed E-state index contributed by atoms with van der Waals surface area (Å²) in [6.07, 6.45) is 0.906. The molecule has 1 heterocycles. The summed E-state index contributed by atoms with van der Waals surface area (Å²) < 4.78 is 22.1. The Labute approximate surface area is 138 Å². The Hall–Kier alpha value is -1.73. The van der Waals surface area contributed by atoms with Gasteiger partial charge in [-0.25, -0.2) is 4.79 Å². The third kappa shape index (κ3) is 5.14. The van der Waals surface area contributed by atoms with Gasteiger partial charge in [0.25, 0.3) is 0 Å². The molecule has 7 heteroatoms. The largest absolute Gasteiger partial charge is 0.467 e. The van der Waals surface area contributed by atoms with E-state index in [4.69, 9.17) is 9.47 Å². The van der Waals surface area contributed by atoms with Crippen molar-refractivity contribution in [1.82, 2.24) is 5.32 Å². The van der Waals surface area contributed by atoms with E-state index in [0.717, 1.165) is 0 Å². The number of methoxy groups -OCH3 is 1. The summed E-state index contributed by atoms with van der Waals surface area (Å²) in [4.78, 5) is 24.7. The molecule has 0 radical (unpaired) electrons. The SMILES string of the molecule is COC(=O)[C@H](CC[S@](=O)c1ccccc1)NC(=O)[C@H]1CCOC1. The van der Waals surface area contributed by atoms with Crippen LogP contribution in [0.3, 0.4) is 0 Å². The first kappa shape index (κ1) is 17.6. The molecule has 1 fully saturated rings. The predicted molar refractivity (Wildman–Crippen MR) is 85.2 cm³/mol. The lowest BCUT2D eigenvalue weighted by molar-refractivity contribution is -0.145. The van der Waals surface area contributed by atoms with Crippen LogP contribution in [0.15, 0.2) is 35.2 Å². The van der Waals surface area contributed by atoms with Crippen LogP contribution in [-0.2, 0) is 29.9 Å². The zero-order valence-electron chi connectivity index (χ0n) is 13.0. The molecule has 0 bridgehead atoms. The molecule has 6 nitrogen and oxygen atoms in total. The summed E-state index contributed by atoms with van der Waals surface area (Å²) in [5.74, 6) is -0.710. The fraction of sp³-hybridized carbons (Fsp3) is 0.500. The quantitative estimate of drug-likeness (QED) is 0.746. The van der Waals surface area contributed by atoms with Gasteiger partial charge in [-0.3, -0.25) is 9.00 Å². The second-order valence-corrected chi connectivity index (χ2v) is 6.87. The summed E-state index contributed by atoms with van der Waals surface area (Å²) in [6, 6.07) is 8.23. The summed E-state index contributed by atoms with van der Waals surface area (Å²) in [7, 11) is 0.0491. The van der Waals surface area contributed by atoms with E-state index in [0.29, 0.717) is 24.5 Å². The second kappa shape index (κ2) is 8.79. The third-order valence-corrected chi connectivity index (χ3v) is 5.11. The molecule has 0 aromatic heterocycles. The molecule has 1 aliphatic rings. The molecule has 23 heavy (non-hydrogen) atoms. The minimum Gasteiger partial charge on any atom is -0.467 e. The lowest BCUT2D eigenvalue weighted by Gasteiger charge is -2.18. The number of benzene rings is 1. The minimum atomic E-state index is -1.22. The van der Waals surface area contributed by atoms with E-state index in [1.165, 1.54) is 7.11 Å². The number of carbonyl (C=O) groups is 2. The van der Waals surface area contributed by atoms with Gasteiger partial charge in [-0.2, -0.15) is 0 Å². The molecule has 1 aromatic rings. The van der Waals surface area contributed by atoms with E-state index >= 15 is 0 Å². The average Bonchev–Trinajstić information content (AvgIpc) is 3.13. The highest BCUT2D eigenvalue weighted by molar-refractivity contribution is 7.85. The summed E-state index contributed by atoms with van der Waals surface area (Å²) in [5, 5.41) is 2.69. The number of carbonyl (C=O) groups excluding carboxylic acids is 2. The number of esters is 1. The first-order valence-electron chi connectivity index (χ1n) is 7.51. The van der Waals surface area contributed by atoms with E-state index in [1.54, 1.807) is 12.1 Å². The van der Waals surface area contributed by atoms with Gasteiger partial charge in [-0.05, 0) is 25.0 Å². The third-order valence-electron chi connectivity index (χ3n) is 3.70. The highest BCUT2D eigenvalue weighted by atomic mass is 32.2. The highest BCUT2D eigenvalue weighted by Gasteiger charge is 2.28. The van der Waals surface area contributed by atoms with Crippen LogP contribution in [0.25, 0.3) is 0 Å². The molecule has 1 saturated heterocycles. The number of ether oxygens (including phenoxy) is 2. The Kier molecular flexibility index (Phi) is 6.73. The van der Waals surface area contributed by atoms with E-state index in [-0.39, 0.29) is 24.0 Å². The molecule has 0 unspecified atom stereocenters. The summed E-state index contributed by atoms with van der Waals surface area (Å²) in [6.45, 7) is 0.925. The van der Waals surface area contributed by atoms with Crippen molar-refractivity contribution in [3.05, 3.63) is 30.3 Å². The molecule has 1 aromatic carbocycles. The van der Waals surface area contributed by atoms with Crippen LogP contribution >= 0.6 is 0 Å². The van der Waals surface area contributed by atoms with E-state index in [9.17, 15) is 13.8 Å². The van der Waals surface area contributed by atoms with Gasteiger partial charge in [0, 0.05) is 17.3 Å². The van der Waals surface area contributed by atoms with Gasteiger partial charge in [0.1, 0.15) is 6.04 Å². The zero-order valence-corrected chi connectivity index (χ0v) is 13.8. The molecule has 1 amide bonds. The van der Waals surface area contributed by atoms with Crippen LogP contribution in [0.1, 0.15) is 12.8 Å². The van der Waals surface area contributed by atoms with Crippen LogP contribution < -0.4 is 5.32 Å². The van der Waals surface area contributed by atoms with Crippen LogP contribution in [0, 0.1) is 5.92 Å². The van der Waals surface area contributed by atoms with Gasteiger partial charge in [-0.15, -0.1) is 0 Å². The van der Waals surface area contributed by atoms with Crippen molar-refractivity contribution in [2.75, 3.05) is 26.1 Å². The first-order valence-corrected chi connectivity index (χ1v) is 8.83. The Balaban J connectivity index is 1.91. The molecule has 3 atom stereocenters. The molecular weight excluding hydrogens is 318 g/mol. The van der Waals surface area contributed by atoms with Crippen LogP contribution in [0.4, 0.5) is 0 Å². The Morgan fingerprint density at radius 2 is 2.13 bits per heavy atom. The van der Waals surface area contributed by atoms with Gasteiger partial charge in [-0.1, -0.05) is 18.2 Å². The maximum Gasteiger partial charge on any atom is 0.328 e. The van der Waals surface area contributed by atoms with Gasteiger partial charge in [0.15, 0.2) is 0 Å². The van der Waals surface area contributed by atoms with Crippen LogP contribution in [0.2, 0.25) is 0 Å². The number of nitrogens with one attached hydrogen (secondary N) is 1. The first-order chi connectivity index (χ1) is 11.1. The lowest BCUT2D eigenvalue weighted by Crippen LogP contribution is -2.45. The molecule has 1 aliphatic heterocycles. The van der Waals surface area contributed by atoms with Crippen molar-refractivity contribution in [2.24, 2.45) is 5.92 Å². The lowest BCUT2D eigenvalue weighted by atomic mass is 10.1. The summed E-state index contributed by atoms with van der Waals surface area (Å²) >= 11 is 0. The molecule has 0 spiro atoms. The number of hydrogen-bond donors (Lipinski definition) is 1. The van der Waals surface area contributed by atoms with Gasteiger partial charge in [0.05, 0.1) is 30.4 Å². The van der Waals surface area contributed by atoms with Crippen LogP contribution in [-0.4, -0.2) is 48.2 Å². The molecular formula is C16H21NO5S. The maximum absolute atomic E-state index is 12.2. The number of hydrogen-bond acceptors (Lipinski definition) is 5. The molecule has 2 rings (SSSR count). The van der Waals surface area contributed by atoms with E-state index < -0.39 is 22.8 Å². The maximum atomic E-state index is 12.2. The van der Waals surface area contributed by atoms with E-state index in [1.807, 2.05) is 18.2 Å². The highest BCUT2D eigenvalue weighted by Crippen LogP contribution is 2.13. The van der Waals surface area contributed by atoms with Crippen molar-refractivity contribution in [3.8, 4) is 0 Å². The van der Waals surface area contributed by atoms with E-state index in [2.05, 4.69) is 5.32 Å². The molecule has 1 N–H and O–H groups in total. The number of amides is 1. The van der Waals surface area contributed by atoms with Crippen molar-refractivity contribution >= 4 is 22.7 Å². The average molecular weight is 339 g/mol. The fourth-order valence-electron chi connectivity index (χ4n) is 2.34. The van der Waals surface area contributed by atoms with Gasteiger partial charge < -0.3 is 14.8 Å². The van der Waals surface area contributed by atoms with Crippen LogP contribution in [0.5, 0.6) is 0 Å². The van der Waals surface area contributed by atoms with Gasteiger partial charge >= 0.3 is 5.97 Å². The molecule has 126 valence electrons. The minimum absolute atomic E-state index is 0.219. The standard InChI is InChI=1S/C16H21NO5S/c1-21-16(19)14(17-15(18)12-7-9-22-11-12)8-10-23(20)13-5-3-2-4-6-13/h2-6,12,14H,7-11H2,1H3,(H,17,18)/t12-,14-,23-/m0/s1. The Morgan fingerprint density at radius 1 is 1.39 bits per heavy atom. The predicted octanol–water partition coefficient (Wildman–Crippen LogP) is 0.879. The van der Waals surface area contributed by atoms with Crippen molar-refractivity contribution < 1.29 is 23.3 Å². The zero-order chi connectivity index (χ0) is 16.7. The molecule has 0 saturated carbocycles.